The quantitative estimate of drug-likeness (QED) is 0.813. The summed E-state index contributed by atoms with van der Waals surface area (Å²) < 4.78 is 0. The topological polar surface area (TPSA) is 41.1 Å². The first-order valence-corrected chi connectivity index (χ1v) is 7.69. The zero-order chi connectivity index (χ0) is 12.7. The molecule has 4 rings (SSSR count). The van der Waals surface area contributed by atoms with Crippen molar-refractivity contribution in [3.05, 3.63) is 18.1 Å². The van der Waals surface area contributed by atoms with E-state index in [0.29, 0.717) is 0 Å². The summed E-state index contributed by atoms with van der Waals surface area (Å²) in [5, 5.41) is 3.48. The van der Waals surface area contributed by atoms with E-state index in [0.717, 1.165) is 36.1 Å². The van der Waals surface area contributed by atoms with Crippen LogP contribution in [-0.2, 0) is 6.54 Å². The molecule has 1 N–H and O–H groups in total. The Labute approximate surface area is 114 Å². The Hall–Kier alpha value is -1.16. The molecule has 102 valence electrons. The maximum absolute atomic E-state index is 4.64. The summed E-state index contributed by atoms with van der Waals surface area (Å²) in [4.78, 5) is 11.7. The summed E-state index contributed by atoms with van der Waals surface area (Å²) in [6.45, 7) is 2.06. The van der Waals surface area contributed by atoms with Gasteiger partial charge in [0.05, 0.1) is 18.1 Å². The molecule has 3 fully saturated rings. The third-order valence-electron chi connectivity index (χ3n) is 4.27. The van der Waals surface area contributed by atoms with Gasteiger partial charge in [0, 0.05) is 25.2 Å². The molecule has 0 amide bonds. The second kappa shape index (κ2) is 4.75. The van der Waals surface area contributed by atoms with Crippen molar-refractivity contribution in [1.82, 2.24) is 15.3 Å². The molecule has 1 aromatic heterocycles. The molecule has 0 aromatic carbocycles. The Kier molecular flexibility index (Phi) is 2.91. The fraction of sp³-hybridized carbons (Fsp3) is 0.733. The van der Waals surface area contributed by atoms with Crippen LogP contribution in [0.5, 0.6) is 0 Å². The van der Waals surface area contributed by atoms with E-state index in [1.807, 2.05) is 12.4 Å². The minimum Gasteiger partial charge on any atom is -0.352 e. The van der Waals surface area contributed by atoms with E-state index in [9.17, 15) is 0 Å². The van der Waals surface area contributed by atoms with Crippen LogP contribution < -0.4 is 10.2 Å². The molecule has 3 saturated carbocycles. The summed E-state index contributed by atoms with van der Waals surface area (Å²) in [6, 6.07) is 1.48. The van der Waals surface area contributed by atoms with Crippen molar-refractivity contribution in [2.45, 2.75) is 57.2 Å². The van der Waals surface area contributed by atoms with Crippen LogP contribution in [-0.4, -0.2) is 28.6 Å². The van der Waals surface area contributed by atoms with Gasteiger partial charge in [-0.25, -0.2) is 4.98 Å². The van der Waals surface area contributed by atoms with E-state index < -0.39 is 0 Å². The van der Waals surface area contributed by atoms with E-state index in [1.165, 1.54) is 45.1 Å². The van der Waals surface area contributed by atoms with E-state index in [-0.39, 0.29) is 0 Å². The monoisotopic (exact) mass is 258 g/mol. The highest BCUT2D eigenvalue weighted by atomic mass is 15.2. The molecule has 1 aromatic rings. The highest BCUT2D eigenvalue weighted by Gasteiger charge is 2.34. The first-order valence-electron chi connectivity index (χ1n) is 7.69. The fourth-order valence-corrected chi connectivity index (χ4v) is 2.52. The van der Waals surface area contributed by atoms with Gasteiger partial charge >= 0.3 is 0 Å². The van der Waals surface area contributed by atoms with Crippen molar-refractivity contribution < 1.29 is 0 Å². The number of aromatic nitrogens is 2. The van der Waals surface area contributed by atoms with Crippen molar-refractivity contribution in [3.63, 3.8) is 0 Å². The SMILES string of the molecule is c1nc(N(CC2CC2)C2CC2)cnc1CNC1CC1. The fourth-order valence-electron chi connectivity index (χ4n) is 2.52. The highest BCUT2D eigenvalue weighted by Crippen LogP contribution is 2.36. The lowest BCUT2D eigenvalue weighted by Gasteiger charge is -2.23. The first kappa shape index (κ1) is 11.6. The van der Waals surface area contributed by atoms with Crippen LogP contribution in [0.3, 0.4) is 0 Å². The van der Waals surface area contributed by atoms with Crippen molar-refractivity contribution >= 4 is 5.82 Å². The summed E-state index contributed by atoms with van der Waals surface area (Å²) >= 11 is 0. The normalized spacial score (nSPS) is 22.5. The van der Waals surface area contributed by atoms with Crippen LogP contribution in [0.25, 0.3) is 0 Å². The standard InChI is InChI=1S/C15H22N4/c1-2-11(1)10-19(14-5-6-14)15-9-17-13(8-18-15)7-16-12-3-4-12/h8-9,11-12,14,16H,1-7,10H2. The van der Waals surface area contributed by atoms with E-state index in [2.05, 4.69) is 20.2 Å². The average molecular weight is 258 g/mol. The Morgan fingerprint density at radius 1 is 1.05 bits per heavy atom. The molecule has 0 atom stereocenters. The molecule has 0 bridgehead atoms. The zero-order valence-corrected chi connectivity index (χ0v) is 11.4. The van der Waals surface area contributed by atoms with Gasteiger partial charge in [0.15, 0.2) is 0 Å². The summed E-state index contributed by atoms with van der Waals surface area (Å²) in [6.07, 6.45) is 12.0. The summed E-state index contributed by atoms with van der Waals surface area (Å²) in [7, 11) is 0. The number of hydrogen-bond acceptors (Lipinski definition) is 4. The van der Waals surface area contributed by atoms with Gasteiger partial charge in [0.25, 0.3) is 0 Å². The lowest BCUT2D eigenvalue weighted by molar-refractivity contribution is 0.667. The lowest BCUT2D eigenvalue weighted by Crippen LogP contribution is -2.29. The molecule has 1 heterocycles. The molecular formula is C15H22N4. The molecule has 0 radical (unpaired) electrons. The molecular weight excluding hydrogens is 236 g/mol. The molecule has 19 heavy (non-hydrogen) atoms. The van der Waals surface area contributed by atoms with Gasteiger partial charge in [0.2, 0.25) is 0 Å². The lowest BCUT2D eigenvalue weighted by atomic mass is 10.3. The third kappa shape index (κ3) is 3.06. The second-order valence-corrected chi connectivity index (χ2v) is 6.35. The van der Waals surface area contributed by atoms with Gasteiger partial charge in [-0.1, -0.05) is 0 Å². The molecule has 4 heteroatoms. The summed E-state index contributed by atoms with van der Waals surface area (Å²) in [5.41, 5.74) is 1.07. The Morgan fingerprint density at radius 3 is 2.47 bits per heavy atom. The van der Waals surface area contributed by atoms with Crippen LogP contribution in [0.1, 0.15) is 44.2 Å². The van der Waals surface area contributed by atoms with Crippen molar-refractivity contribution in [3.8, 4) is 0 Å². The van der Waals surface area contributed by atoms with Crippen LogP contribution in [0, 0.1) is 5.92 Å². The van der Waals surface area contributed by atoms with Crippen LogP contribution in [0.15, 0.2) is 12.4 Å². The first-order chi connectivity index (χ1) is 9.38. The Morgan fingerprint density at radius 2 is 1.89 bits per heavy atom. The number of rotatable bonds is 7. The largest absolute Gasteiger partial charge is 0.352 e. The molecule has 3 aliphatic carbocycles. The molecule has 0 aliphatic heterocycles. The maximum atomic E-state index is 4.64. The van der Waals surface area contributed by atoms with Crippen molar-refractivity contribution in [1.29, 1.82) is 0 Å². The van der Waals surface area contributed by atoms with E-state index >= 15 is 0 Å². The van der Waals surface area contributed by atoms with Gasteiger partial charge in [-0.05, 0) is 44.4 Å². The summed E-state index contributed by atoms with van der Waals surface area (Å²) in [5.74, 6) is 2.00. The van der Waals surface area contributed by atoms with Gasteiger partial charge in [-0.3, -0.25) is 4.98 Å². The predicted octanol–water partition coefficient (Wildman–Crippen LogP) is 2.11. The van der Waals surface area contributed by atoms with Crippen molar-refractivity contribution in [2.24, 2.45) is 5.92 Å². The van der Waals surface area contributed by atoms with E-state index in [1.54, 1.807) is 0 Å². The smallest absolute Gasteiger partial charge is 0.147 e. The van der Waals surface area contributed by atoms with E-state index in [4.69, 9.17) is 0 Å². The zero-order valence-electron chi connectivity index (χ0n) is 11.4. The van der Waals surface area contributed by atoms with Crippen LogP contribution in [0.4, 0.5) is 5.82 Å². The second-order valence-electron chi connectivity index (χ2n) is 6.35. The number of nitrogens with zero attached hydrogens (tertiary/aromatic N) is 3. The average Bonchev–Trinajstić information content (AvgIpc) is 3.29. The molecule has 0 unspecified atom stereocenters. The predicted molar refractivity (Wildman–Crippen MR) is 75.0 cm³/mol. The molecule has 3 aliphatic rings. The van der Waals surface area contributed by atoms with Crippen LogP contribution in [0.2, 0.25) is 0 Å². The number of nitrogens with one attached hydrogen (secondary N) is 1. The number of anilines is 1. The van der Waals surface area contributed by atoms with Gasteiger partial charge in [-0.15, -0.1) is 0 Å². The molecule has 4 nitrogen and oxygen atoms in total. The van der Waals surface area contributed by atoms with Gasteiger partial charge in [-0.2, -0.15) is 0 Å². The van der Waals surface area contributed by atoms with Gasteiger partial charge in [0.1, 0.15) is 5.82 Å². The van der Waals surface area contributed by atoms with Gasteiger partial charge < -0.3 is 10.2 Å². The minimum absolute atomic E-state index is 0.735. The maximum Gasteiger partial charge on any atom is 0.147 e. The van der Waals surface area contributed by atoms with Crippen LogP contribution >= 0.6 is 0 Å². The third-order valence-corrected chi connectivity index (χ3v) is 4.27. The van der Waals surface area contributed by atoms with Crippen molar-refractivity contribution in [2.75, 3.05) is 11.4 Å². The Bertz CT molecular complexity index is 432. The Balaban J connectivity index is 1.40. The minimum atomic E-state index is 0.735. The molecule has 0 spiro atoms. The number of hydrogen-bond donors (Lipinski definition) is 1. The molecule has 0 saturated heterocycles. The highest BCUT2D eigenvalue weighted by molar-refractivity contribution is 5.39.